The third-order valence-corrected chi connectivity index (χ3v) is 7.13. The molecule has 49 heavy (non-hydrogen) atoms. The molecule has 0 saturated heterocycles. The topological polar surface area (TPSA) is 293 Å². The van der Waals surface area contributed by atoms with Crippen LogP contribution >= 0.6 is 0 Å². The fourth-order valence-corrected chi connectivity index (χ4v) is 4.59. The van der Waals surface area contributed by atoms with Gasteiger partial charge in [0.1, 0.15) is 11.1 Å². The number of anilines is 2. The van der Waals surface area contributed by atoms with Crippen LogP contribution in [0.4, 0.5) is 34.6 Å². The number of ether oxygens (including phenoxy) is 2. The van der Waals surface area contributed by atoms with E-state index in [1.165, 1.54) is 42.0 Å². The van der Waals surface area contributed by atoms with Crippen LogP contribution in [0.2, 0.25) is 0 Å². The van der Waals surface area contributed by atoms with Crippen molar-refractivity contribution in [3.63, 3.8) is 0 Å². The third-order valence-electron chi connectivity index (χ3n) is 7.13. The molecule has 5 heterocycles. The van der Waals surface area contributed by atoms with E-state index in [4.69, 9.17) is 20.9 Å². The van der Waals surface area contributed by atoms with Crippen molar-refractivity contribution in [3.8, 4) is 17.6 Å². The molecule has 0 aliphatic carbocycles. The van der Waals surface area contributed by atoms with E-state index in [-0.39, 0.29) is 57.4 Å². The summed E-state index contributed by atoms with van der Waals surface area (Å²) in [6.45, 7) is 4.04. The van der Waals surface area contributed by atoms with E-state index in [1.54, 1.807) is 0 Å². The first kappa shape index (κ1) is 33.8. The molecule has 21 nitrogen and oxygen atoms in total. The van der Waals surface area contributed by atoms with Gasteiger partial charge in [-0.25, -0.2) is 9.59 Å². The highest BCUT2D eigenvalue weighted by Crippen LogP contribution is 2.35. The first-order chi connectivity index (χ1) is 23.7. The quantitative estimate of drug-likeness (QED) is 0.0813. The molecule has 0 saturated carbocycles. The lowest BCUT2D eigenvalue weighted by Crippen LogP contribution is -2.09. The smallest absolute Gasteiger partial charge is 0.343 e. The molecule has 0 atom stereocenters. The molecule has 0 aliphatic rings. The molecule has 0 aromatic carbocycles. The van der Waals surface area contributed by atoms with Gasteiger partial charge in [0.15, 0.2) is 46.3 Å². The van der Waals surface area contributed by atoms with Crippen molar-refractivity contribution < 1.29 is 24.2 Å². The number of carbonyl (C=O) groups excluding carboxylic acids is 2. The normalized spacial score (nSPS) is 11.6. The number of H-pyrrole nitrogens is 2. The number of aromatic amines is 2. The van der Waals surface area contributed by atoms with Gasteiger partial charge in [-0.15, -0.1) is 20.5 Å². The number of aromatic hydroxyl groups is 1. The van der Waals surface area contributed by atoms with E-state index in [9.17, 15) is 14.7 Å². The Morgan fingerprint density at radius 3 is 1.59 bits per heavy atom. The number of unbranched alkanes of at least 4 members (excludes halogenated alkanes) is 2. The van der Waals surface area contributed by atoms with Crippen LogP contribution in [0.5, 0.6) is 6.01 Å². The van der Waals surface area contributed by atoms with E-state index in [1.807, 2.05) is 13.8 Å². The minimum Gasteiger partial charge on any atom is -0.479 e. The number of aromatic nitrogens is 10. The zero-order valence-corrected chi connectivity index (χ0v) is 27.1. The van der Waals surface area contributed by atoms with Gasteiger partial charge in [-0.1, -0.05) is 26.7 Å². The number of nitrogens with two attached hydrogens (primary N) is 2. The average molecular weight is 675 g/mol. The SMILES string of the molecule is CCCCc1nn(-c2cc(-n3nc(CCCC)c(/N=N/c4[nH]ncc4C(=O)OC)c3N)nc(O)n2)c(N)c1/N=N/c1[nH]ncc1C(=O)OC. The zero-order valence-electron chi connectivity index (χ0n) is 27.1. The van der Waals surface area contributed by atoms with Crippen LogP contribution in [0, 0.1) is 0 Å². The van der Waals surface area contributed by atoms with E-state index in [0.29, 0.717) is 24.2 Å². The molecular formula is C28H34N16O5. The molecule has 0 fully saturated rings. The second-order valence-corrected chi connectivity index (χ2v) is 10.4. The molecule has 0 radical (unpaired) electrons. The number of hydrogen-bond acceptors (Lipinski definition) is 17. The molecule has 0 unspecified atom stereocenters. The van der Waals surface area contributed by atoms with Crippen LogP contribution in [0.15, 0.2) is 38.9 Å². The Bertz CT molecular complexity index is 1880. The lowest BCUT2D eigenvalue weighted by molar-refractivity contribution is 0.0592. The summed E-state index contributed by atoms with van der Waals surface area (Å²) in [5.41, 5.74) is 14.7. The number of esters is 2. The van der Waals surface area contributed by atoms with Crippen molar-refractivity contribution in [3.05, 3.63) is 41.0 Å². The van der Waals surface area contributed by atoms with Crippen LogP contribution in [0.3, 0.4) is 0 Å². The Kier molecular flexibility index (Phi) is 10.3. The van der Waals surface area contributed by atoms with Crippen molar-refractivity contribution >= 4 is 46.6 Å². The summed E-state index contributed by atoms with van der Waals surface area (Å²) in [6, 6.07) is 0.852. The number of nitrogen functional groups attached to an aromatic ring is 2. The fraction of sp³-hybridized carbons (Fsp3) is 0.357. The van der Waals surface area contributed by atoms with Crippen LogP contribution in [0.1, 0.15) is 71.6 Å². The standard InChI is InChI=1S/C28H34N16O5/c1-5-7-9-16-20(35-39-24-14(12-31-37-24)26(45)48-3)22(29)43(41-16)18-11-19(34-28(47)33-18)44-23(30)21(17(42-44)10-8-6-2)36-40-25-15(13-32-38-25)27(46)49-4/h11-13H,5-10,29-30H2,1-4H3,(H,31,37)(H,32,38)(H,33,34,47)/b39-35+,40-36+. The summed E-state index contributed by atoms with van der Waals surface area (Å²) >= 11 is 0. The van der Waals surface area contributed by atoms with E-state index in [0.717, 1.165) is 25.7 Å². The number of nitrogens with one attached hydrogen (secondary N) is 2. The minimum absolute atomic E-state index is 0.0468. The number of carbonyl (C=O) groups is 2. The Hall–Kier alpha value is -6.54. The molecular weight excluding hydrogens is 640 g/mol. The van der Waals surface area contributed by atoms with E-state index >= 15 is 0 Å². The van der Waals surface area contributed by atoms with Gasteiger partial charge >= 0.3 is 17.9 Å². The first-order valence-electron chi connectivity index (χ1n) is 15.1. The Balaban J connectivity index is 1.56. The molecule has 21 heteroatoms. The number of nitrogens with zero attached hydrogens (tertiary/aromatic N) is 12. The van der Waals surface area contributed by atoms with Gasteiger partial charge in [0.05, 0.1) is 38.0 Å². The van der Waals surface area contributed by atoms with Gasteiger partial charge in [-0.3, -0.25) is 10.2 Å². The second-order valence-electron chi connectivity index (χ2n) is 10.4. The van der Waals surface area contributed by atoms with Crippen LogP contribution in [0.25, 0.3) is 11.6 Å². The predicted octanol–water partition coefficient (Wildman–Crippen LogP) is 4.25. The molecule has 256 valence electrons. The van der Waals surface area contributed by atoms with Gasteiger partial charge in [0.25, 0.3) is 0 Å². The highest BCUT2D eigenvalue weighted by Gasteiger charge is 2.23. The summed E-state index contributed by atoms with van der Waals surface area (Å²) < 4.78 is 12.1. The molecule has 5 rings (SSSR count). The van der Waals surface area contributed by atoms with Crippen LogP contribution < -0.4 is 11.5 Å². The number of aryl methyl sites for hydroxylation is 2. The van der Waals surface area contributed by atoms with Gasteiger partial charge < -0.3 is 26.0 Å². The van der Waals surface area contributed by atoms with E-state index in [2.05, 4.69) is 61.0 Å². The first-order valence-corrected chi connectivity index (χ1v) is 15.1. The number of methoxy groups -OCH3 is 2. The average Bonchev–Trinajstić information content (AvgIpc) is 3.89. The fourth-order valence-electron chi connectivity index (χ4n) is 4.59. The van der Waals surface area contributed by atoms with Gasteiger partial charge in [-0.05, 0) is 25.7 Å². The maximum atomic E-state index is 12.1. The van der Waals surface area contributed by atoms with Crippen molar-refractivity contribution in [2.24, 2.45) is 20.5 Å². The summed E-state index contributed by atoms with van der Waals surface area (Å²) in [5.74, 6) is -0.914. The maximum absolute atomic E-state index is 12.1. The maximum Gasteiger partial charge on any atom is 0.343 e. The van der Waals surface area contributed by atoms with Gasteiger partial charge in [0.2, 0.25) is 0 Å². The lowest BCUT2D eigenvalue weighted by Gasteiger charge is -2.07. The van der Waals surface area contributed by atoms with Crippen molar-refractivity contribution in [1.29, 1.82) is 0 Å². The number of hydrogen-bond donors (Lipinski definition) is 5. The minimum atomic E-state index is -0.644. The summed E-state index contributed by atoms with van der Waals surface area (Å²) in [7, 11) is 2.48. The molecule has 0 aliphatic heterocycles. The van der Waals surface area contributed by atoms with E-state index < -0.39 is 17.9 Å². The summed E-state index contributed by atoms with van der Waals surface area (Å²) in [4.78, 5) is 32.4. The molecule has 0 amide bonds. The summed E-state index contributed by atoms with van der Waals surface area (Å²) in [6.07, 6.45) is 6.77. The van der Waals surface area contributed by atoms with Crippen molar-refractivity contribution in [2.45, 2.75) is 52.4 Å². The van der Waals surface area contributed by atoms with Crippen molar-refractivity contribution in [1.82, 2.24) is 49.9 Å². The lowest BCUT2D eigenvalue weighted by atomic mass is 10.2. The molecule has 7 N–H and O–H groups in total. The predicted molar refractivity (Wildman–Crippen MR) is 172 cm³/mol. The Morgan fingerprint density at radius 2 is 1.20 bits per heavy atom. The molecule has 0 spiro atoms. The van der Waals surface area contributed by atoms with Gasteiger partial charge in [-0.2, -0.15) is 39.7 Å². The summed E-state index contributed by atoms with van der Waals surface area (Å²) in [5, 5.41) is 49.6. The zero-order chi connectivity index (χ0) is 35.1. The monoisotopic (exact) mass is 674 g/mol. The largest absolute Gasteiger partial charge is 0.479 e. The number of azo groups is 2. The van der Waals surface area contributed by atoms with Crippen molar-refractivity contribution in [2.75, 3.05) is 25.7 Å². The third kappa shape index (κ3) is 7.08. The molecule has 5 aromatic rings. The number of rotatable bonds is 14. The van der Waals surface area contributed by atoms with Gasteiger partial charge in [0, 0.05) is 6.07 Å². The molecule has 5 aromatic heterocycles. The highest BCUT2D eigenvalue weighted by molar-refractivity contribution is 5.94. The van der Waals surface area contributed by atoms with Crippen LogP contribution in [-0.4, -0.2) is 81.2 Å². The van der Waals surface area contributed by atoms with Crippen LogP contribution in [-0.2, 0) is 22.3 Å². The second kappa shape index (κ2) is 14.9. The molecule has 0 bridgehead atoms. The highest BCUT2D eigenvalue weighted by atomic mass is 16.5. The Labute approximate surface area is 277 Å². The Morgan fingerprint density at radius 1 is 0.776 bits per heavy atom.